The first-order valence-electron chi connectivity index (χ1n) is 14.9. The molecule has 0 spiro atoms. The van der Waals surface area contributed by atoms with E-state index in [-0.39, 0.29) is 22.4 Å². The lowest BCUT2D eigenvalue weighted by atomic mass is 10.0. The average Bonchev–Trinajstić information content (AvgIpc) is 3.46. The molecule has 1 unspecified atom stereocenters. The molecule has 2 atom stereocenters. The van der Waals surface area contributed by atoms with Crippen LogP contribution in [0.3, 0.4) is 0 Å². The number of amides is 2. The first kappa shape index (κ1) is 37.7. The number of β-lactam (4-membered cyclic amide) rings is 1. The zero-order valence-electron chi connectivity index (χ0n) is 27.0. The van der Waals surface area contributed by atoms with Crippen molar-refractivity contribution in [3.63, 3.8) is 0 Å². The molecular formula is C29H41N10O7S2+. The molecule has 2 aliphatic heterocycles. The molecule has 17 nitrogen and oxygen atoms in total. The predicted octanol–water partition coefficient (Wildman–Crippen LogP) is 0.135. The second-order valence-electron chi connectivity index (χ2n) is 11.1. The minimum absolute atomic E-state index is 0.0150. The molecule has 0 aliphatic carbocycles. The maximum absolute atomic E-state index is 13.3. The molecule has 1 fully saturated rings. The zero-order valence-corrected chi connectivity index (χ0v) is 28.6. The van der Waals surface area contributed by atoms with E-state index in [9.17, 15) is 29.4 Å². The van der Waals surface area contributed by atoms with Crippen molar-refractivity contribution < 1.29 is 38.8 Å². The van der Waals surface area contributed by atoms with Crippen molar-refractivity contribution >= 4 is 64.1 Å². The van der Waals surface area contributed by atoms with E-state index in [1.165, 1.54) is 25.6 Å². The highest BCUT2D eigenvalue weighted by Crippen LogP contribution is 2.40. The summed E-state index contributed by atoms with van der Waals surface area (Å²) in [5.41, 5.74) is 16.5. The van der Waals surface area contributed by atoms with Crippen LogP contribution < -0.4 is 27.8 Å². The third-order valence-electron chi connectivity index (χ3n) is 6.80. The molecule has 1 aromatic rings. The molecule has 48 heavy (non-hydrogen) atoms. The molecule has 0 aromatic carbocycles. The van der Waals surface area contributed by atoms with E-state index < -0.39 is 46.5 Å². The van der Waals surface area contributed by atoms with Gasteiger partial charge in [0.15, 0.2) is 24.1 Å². The number of hydrogen-bond donors (Lipinski definition) is 7. The summed E-state index contributed by atoms with van der Waals surface area (Å²) in [4.78, 5) is 60.6. The predicted molar refractivity (Wildman–Crippen MR) is 182 cm³/mol. The van der Waals surface area contributed by atoms with Crippen LogP contribution in [0.5, 0.6) is 0 Å². The van der Waals surface area contributed by atoms with Crippen LogP contribution in [-0.4, -0.2) is 107 Å². The summed E-state index contributed by atoms with van der Waals surface area (Å²) in [5.74, 6) is -4.23. The van der Waals surface area contributed by atoms with Crippen LogP contribution in [0.2, 0.25) is 0 Å². The van der Waals surface area contributed by atoms with Gasteiger partial charge in [0.05, 0.1) is 0 Å². The van der Waals surface area contributed by atoms with Gasteiger partial charge < -0.3 is 42.9 Å². The summed E-state index contributed by atoms with van der Waals surface area (Å²) < 4.78 is 5.84. The summed E-state index contributed by atoms with van der Waals surface area (Å²) in [6.45, 7) is 7.61. The first-order valence-corrected chi connectivity index (χ1v) is 16.7. The number of thioether (sulfide) groups is 1. The van der Waals surface area contributed by atoms with E-state index in [0.717, 1.165) is 29.3 Å². The van der Waals surface area contributed by atoms with Crippen molar-refractivity contribution in [2.75, 3.05) is 31.1 Å². The standard InChI is InChI=1S/C29H40N10O7S2/c1-5-6-7-12-38(14-18(16(2)31)33-11-10-30)13-8-9-17-15-47-25-20(24(41)39(25)21(17)26(42)43)34-23(40)19(22-35-28(32)48-37-22)36-46-29(3,4)27(44)45/h7-9,12,14,20,25,31,33H,5-6,10-11,13,15,30H2,1-4H3,(H5,32,34,35,37,40,42,43,44,45)/p+1/b9-8+,12-7+,36-19-/t20-,25?/m1/s1. The van der Waals surface area contributed by atoms with Gasteiger partial charge in [-0.1, -0.05) is 24.6 Å². The van der Waals surface area contributed by atoms with Crippen molar-refractivity contribution in [3.8, 4) is 0 Å². The lowest BCUT2D eigenvalue weighted by Gasteiger charge is -2.49. The first-order chi connectivity index (χ1) is 22.7. The van der Waals surface area contributed by atoms with Crippen LogP contribution in [0.15, 0.2) is 52.2 Å². The highest BCUT2D eigenvalue weighted by atomic mass is 32.2. The molecule has 1 aromatic heterocycles. The van der Waals surface area contributed by atoms with E-state index in [1.54, 1.807) is 19.1 Å². The number of carboxylic acids is 2. The summed E-state index contributed by atoms with van der Waals surface area (Å²) >= 11 is 2.04. The van der Waals surface area contributed by atoms with Gasteiger partial charge in [-0.15, -0.1) is 11.8 Å². The smallest absolute Gasteiger partial charge is 0.352 e. The number of hydrogen-bond acceptors (Lipinski definition) is 14. The van der Waals surface area contributed by atoms with Gasteiger partial charge in [0.2, 0.25) is 17.1 Å². The topological polar surface area (TPSA) is 264 Å². The van der Waals surface area contributed by atoms with E-state index in [2.05, 4.69) is 32.1 Å². The van der Waals surface area contributed by atoms with Crippen molar-refractivity contribution in [3.05, 3.63) is 52.9 Å². The molecule has 260 valence electrons. The fourth-order valence-corrected chi connectivity index (χ4v) is 5.96. The molecule has 0 saturated carbocycles. The Morgan fingerprint density at radius 2 is 2.00 bits per heavy atom. The number of oxime groups is 1. The summed E-state index contributed by atoms with van der Waals surface area (Å²) in [7, 11) is 0. The number of rotatable bonds is 17. The normalized spacial score (nSPS) is 19.3. The molecule has 0 radical (unpaired) electrons. The number of nitrogens with one attached hydrogen (secondary N) is 2. The molecule has 0 bridgehead atoms. The Kier molecular flexibility index (Phi) is 13.3. The molecule has 1 saturated heterocycles. The van der Waals surface area contributed by atoms with Gasteiger partial charge in [0, 0.05) is 36.1 Å². The Bertz CT molecular complexity index is 1590. The minimum atomic E-state index is -1.80. The number of aromatic nitrogens is 2. The van der Waals surface area contributed by atoms with Crippen molar-refractivity contribution in [1.82, 2.24) is 24.9 Å². The summed E-state index contributed by atoms with van der Waals surface area (Å²) in [5, 5.41) is 28.1. The Morgan fingerprint density at radius 1 is 1.27 bits per heavy atom. The Balaban J connectivity index is 1.83. The van der Waals surface area contributed by atoms with Gasteiger partial charge in [-0.25, -0.2) is 9.59 Å². The van der Waals surface area contributed by atoms with Gasteiger partial charge in [-0.3, -0.25) is 14.5 Å². The SMILES string of the molecule is CCC/C=C/[N+](=C/C(NCCN)=C(\C)N)C/C=C/C1=C(C(=O)O)N2C(=O)[C@@H](NC(=O)/C(=N\OC(C)(C)C(=O)O)c3nsc(N)n3)C2SC1. The lowest BCUT2D eigenvalue weighted by Crippen LogP contribution is -2.71. The quantitative estimate of drug-likeness (QED) is 0.0492. The van der Waals surface area contributed by atoms with E-state index in [1.807, 2.05) is 23.1 Å². The minimum Gasteiger partial charge on any atom is -0.478 e. The highest BCUT2D eigenvalue weighted by molar-refractivity contribution is 8.00. The van der Waals surface area contributed by atoms with Gasteiger partial charge in [-0.05, 0) is 44.9 Å². The number of unbranched alkanes of at least 4 members (excludes halogenated alkanes) is 1. The van der Waals surface area contributed by atoms with Crippen LogP contribution in [0.25, 0.3) is 0 Å². The summed E-state index contributed by atoms with van der Waals surface area (Å²) in [6, 6.07) is -1.12. The second-order valence-corrected chi connectivity index (χ2v) is 12.9. The van der Waals surface area contributed by atoms with Crippen molar-refractivity contribution in [2.24, 2.45) is 16.6 Å². The van der Waals surface area contributed by atoms with Crippen LogP contribution >= 0.6 is 23.3 Å². The third kappa shape index (κ3) is 9.41. The second kappa shape index (κ2) is 16.9. The number of nitrogens with two attached hydrogens (primary N) is 3. The zero-order chi connectivity index (χ0) is 35.6. The number of carbonyl (C=O) groups excluding carboxylic acids is 2. The lowest BCUT2D eigenvalue weighted by molar-refractivity contribution is -0.440. The molecule has 19 heteroatoms. The summed E-state index contributed by atoms with van der Waals surface area (Å²) in [6.07, 6.45) is 11.0. The average molecular weight is 706 g/mol. The van der Waals surface area contributed by atoms with Gasteiger partial charge in [-0.2, -0.15) is 13.9 Å². The van der Waals surface area contributed by atoms with Gasteiger partial charge in [0.25, 0.3) is 11.8 Å². The monoisotopic (exact) mass is 705 g/mol. The number of allylic oxidation sites excluding steroid dienone is 4. The fourth-order valence-electron chi connectivity index (χ4n) is 4.20. The van der Waals surface area contributed by atoms with E-state index >= 15 is 0 Å². The maximum Gasteiger partial charge on any atom is 0.352 e. The number of anilines is 1. The van der Waals surface area contributed by atoms with Crippen LogP contribution in [-0.2, 0) is 24.0 Å². The van der Waals surface area contributed by atoms with Crippen molar-refractivity contribution in [2.45, 2.75) is 57.6 Å². The van der Waals surface area contributed by atoms with Crippen LogP contribution in [0, 0.1) is 0 Å². The molecule has 10 N–H and O–H groups in total. The Labute approximate surface area is 285 Å². The number of nitrogen functional groups attached to an aromatic ring is 1. The van der Waals surface area contributed by atoms with Gasteiger partial charge >= 0.3 is 11.9 Å². The number of carbonyl (C=O) groups is 4. The van der Waals surface area contributed by atoms with Crippen LogP contribution in [0.4, 0.5) is 5.13 Å². The maximum atomic E-state index is 13.3. The molecule has 3 heterocycles. The number of carboxylic acid groups (broad SMARTS) is 2. The van der Waals surface area contributed by atoms with E-state index in [4.69, 9.17) is 22.0 Å². The Morgan fingerprint density at radius 3 is 2.58 bits per heavy atom. The van der Waals surface area contributed by atoms with Crippen molar-refractivity contribution in [1.29, 1.82) is 0 Å². The molecule has 3 rings (SSSR count). The van der Waals surface area contributed by atoms with Crippen LogP contribution in [0.1, 0.15) is 46.4 Å². The van der Waals surface area contributed by atoms with Gasteiger partial charge in [0.1, 0.15) is 22.8 Å². The molecular weight excluding hydrogens is 665 g/mol. The highest BCUT2D eigenvalue weighted by Gasteiger charge is 2.54. The molecule has 2 amide bonds. The third-order valence-corrected chi connectivity index (χ3v) is 8.65. The molecule has 2 aliphatic rings. The largest absolute Gasteiger partial charge is 0.478 e. The Hall–Kier alpha value is -4.75. The number of fused-ring (bicyclic) bond motifs is 1. The fraction of sp³-hybridized carbons (Fsp3) is 0.448. The number of aliphatic carboxylic acids is 2. The number of nitrogens with zero attached hydrogens (tertiary/aromatic N) is 5. The van der Waals surface area contributed by atoms with E-state index in [0.29, 0.717) is 36.6 Å².